The molecule has 0 amide bonds. The zero-order valence-electron chi connectivity index (χ0n) is 14.2. The van der Waals surface area contributed by atoms with Crippen LogP contribution in [0.4, 0.5) is 0 Å². The molecule has 1 aliphatic rings. The van der Waals surface area contributed by atoms with E-state index in [1.807, 2.05) is 29.9 Å². The van der Waals surface area contributed by atoms with Crippen molar-refractivity contribution in [2.45, 2.75) is 31.8 Å². The van der Waals surface area contributed by atoms with Crippen LogP contribution in [0.1, 0.15) is 36.8 Å². The fourth-order valence-corrected chi connectivity index (χ4v) is 3.65. The summed E-state index contributed by atoms with van der Waals surface area (Å²) in [5.41, 5.74) is 1.35. The average Bonchev–Trinajstić information content (AvgIpc) is 3.03. The number of aromatic nitrogens is 2. The molecule has 0 radical (unpaired) electrons. The Balaban J connectivity index is 1.40. The van der Waals surface area contributed by atoms with Crippen LogP contribution in [0.25, 0.3) is 0 Å². The Morgan fingerprint density at radius 2 is 1.96 bits per heavy atom. The third-order valence-corrected chi connectivity index (χ3v) is 5.31. The van der Waals surface area contributed by atoms with E-state index in [2.05, 4.69) is 22.0 Å². The molecule has 1 aliphatic heterocycles. The molecule has 4 nitrogen and oxygen atoms in total. The number of benzene rings is 1. The van der Waals surface area contributed by atoms with Gasteiger partial charge in [0.25, 0.3) is 0 Å². The summed E-state index contributed by atoms with van der Waals surface area (Å²) in [6.07, 6.45) is 7.53. The van der Waals surface area contributed by atoms with Gasteiger partial charge >= 0.3 is 0 Å². The van der Waals surface area contributed by atoms with Crippen LogP contribution >= 0.6 is 11.6 Å². The van der Waals surface area contributed by atoms with Crippen LogP contribution in [0.15, 0.2) is 36.7 Å². The first kappa shape index (κ1) is 17.5. The smallest absolute Gasteiger partial charge is 0.137 e. The zero-order valence-corrected chi connectivity index (χ0v) is 15.0. The second kappa shape index (κ2) is 8.15. The molecule has 24 heavy (non-hydrogen) atoms. The fourth-order valence-electron chi connectivity index (χ4n) is 3.52. The molecule has 0 aliphatic carbocycles. The highest BCUT2D eigenvalue weighted by Gasteiger charge is 2.28. The second-order valence-electron chi connectivity index (χ2n) is 6.75. The van der Waals surface area contributed by atoms with E-state index in [0.717, 1.165) is 56.2 Å². The number of hydrogen-bond acceptors (Lipinski definition) is 3. The Morgan fingerprint density at radius 1 is 1.25 bits per heavy atom. The third kappa shape index (κ3) is 4.38. The van der Waals surface area contributed by atoms with Crippen LogP contribution in [0.5, 0.6) is 0 Å². The number of nitrogens with zero attached hydrogens (tertiary/aromatic N) is 3. The zero-order chi connectivity index (χ0) is 16.9. The molecule has 0 bridgehead atoms. The standard InChI is InChI=1S/C19H26ClN3O/c1-22-14-10-21-19(22)18(24)16-8-12-23(13-9-16)11-2-3-15-4-6-17(20)7-5-15/h4-7,10,14,16,18,24H,2-3,8-9,11-13H2,1H3. The van der Waals surface area contributed by atoms with Gasteiger partial charge in [0, 0.05) is 24.5 Å². The number of likely N-dealkylation sites (tertiary alicyclic amines) is 1. The van der Waals surface area contributed by atoms with Crippen molar-refractivity contribution < 1.29 is 5.11 Å². The minimum atomic E-state index is -0.443. The van der Waals surface area contributed by atoms with Crippen LogP contribution in [0.3, 0.4) is 0 Å². The Bertz CT molecular complexity index is 632. The molecular formula is C19H26ClN3O. The number of halogens is 1. The van der Waals surface area contributed by atoms with Gasteiger partial charge in [-0.05, 0) is 68.9 Å². The topological polar surface area (TPSA) is 41.3 Å². The molecular weight excluding hydrogens is 322 g/mol. The minimum Gasteiger partial charge on any atom is -0.385 e. The maximum Gasteiger partial charge on any atom is 0.137 e. The highest BCUT2D eigenvalue weighted by atomic mass is 35.5. The van der Waals surface area contributed by atoms with E-state index in [0.29, 0.717) is 5.92 Å². The molecule has 1 fully saturated rings. The normalized spacial score (nSPS) is 18.0. The summed E-state index contributed by atoms with van der Waals surface area (Å²) >= 11 is 5.92. The number of aryl methyl sites for hydroxylation is 2. The Kier molecular flexibility index (Phi) is 5.93. The van der Waals surface area contributed by atoms with Crippen LogP contribution in [0.2, 0.25) is 5.02 Å². The molecule has 0 spiro atoms. The molecule has 130 valence electrons. The van der Waals surface area contributed by atoms with E-state index in [1.165, 1.54) is 5.56 Å². The number of aliphatic hydroxyl groups excluding tert-OH is 1. The van der Waals surface area contributed by atoms with Gasteiger partial charge in [0.1, 0.15) is 11.9 Å². The van der Waals surface area contributed by atoms with Gasteiger partial charge in [-0.15, -0.1) is 0 Å². The van der Waals surface area contributed by atoms with Gasteiger partial charge in [-0.3, -0.25) is 0 Å². The third-order valence-electron chi connectivity index (χ3n) is 5.05. The monoisotopic (exact) mass is 347 g/mol. The molecule has 1 unspecified atom stereocenters. The molecule has 1 N–H and O–H groups in total. The van der Waals surface area contributed by atoms with Crippen molar-refractivity contribution in [2.75, 3.05) is 19.6 Å². The maximum atomic E-state index is 10.5. The van der Waals surface area contributed by atoms with Crippen molar-refractivity contribution in [1.82, 2.24) is 14.5 Å². The van der Waals surface area contributed by atoms with Crippen molar-refractivity contribution in [3.8, 4) is 0 Å². The van der Waals surface area contributed by atoms with Gasteiger partial charge in [-0.1, -0.05) is 23.7 Å². The lowest BCUT2D eigenvalue weighted by Gasteiger charge is -2.34. The molecule has 1 saturated heterocycles. The van der Waals surface area contributed by atoms with E-state index in [9.17, 15) is 5.11 Å². The van der Waals surface area contributed by atoms with Crippen LogP contribution in [-0.2, 0) is 13.5 Å². The van der Waals surface area contributed by atoms with E-state index < -0.39 is 6.10 Å². The highest BCUT2D eigenvalue weighted by molar-refractivity contribution is 6.30. The lowest BCUT2D eigenvalue weighted by molar-refractivity contribution is 0.0509. The van der Waals surface area contributed by atoms with E-state index >= 15 is 0 Å². The molecule has 1 aromatic heterocycles. The SMILES string of the molecule is Cn1ccnc1C(O)C1CCN(CCCc2ccc(Cl)cc2)CC1. The first-order chi connectivity index (χ1) is 11.6. The summed E-state index contributed by atoms with van der Waals surface area (Å²) in [6, 6.07) is 8.14. The van der Waals surface area contributed by atoms with E-state index in [4.69, 9.17) is 11.6 Å². The molecule has 5 heteroatoms. The summed E-state index contributed by atoms with van der Waals surface area (Å²) in [4.78, 5) is 6.80. The van der Waals surface area contributed by atoms with Crippen molar-refractivity contribution in [1.29, 1.82) is 0 Å². The predicted octanol–water partition coefficient (Wildman–Crippen LogP) is 3.45. The Hall–Kier alpha value is -1.36. The van der Waals surface area contributed by atoms with E-state index in [1.54, 1.807) is 6.20 Å². The van der Waals surface area contributed by atoms with Gasteiger partial charge in [0.05, 0.1) is 0 Å². The van der Waals surface area contributed by atoms with E-state index in [-0.39, 0.29) is 0 Å². The Morgan fingerprint density at radius 3 is 2.58 bits per heavy atom. The first-order valence-electron chi connectivity index (χ1n) is 8.75. The van der Waals surface area contributed by atoms with Gasteiger partial charge in [-0.25, -0.2) is 4.98 Å². The van der Waals surface area contributed by atoms with Crippen molar-refractivity contribution in [3.63, 3.8) is 0 Å². The number of aliphatic hydroxyl groups is 1. The number of rotatable bonds is 6. The number of imidazole rings is 1. The highest BCUT2D eigenvalue weighted by Crippen LogP contribution is 2.29. The molecule has 1 atom stereocenters. The first-order valence-corrected chi connectivity index (χ1v) is 9.13. The van der Waals surface area contributed by atoms with Crippen LogP contribution in [-0.4, -0.2) is 39.2 Å². The largest absolute Gasteiger partial charge is 0.385 e. The van der Waals surface area contributed by atoms with Gasteiger partial charge in [0.15, 0.2) is 0 Å². The molecule has 3 rings (SSSR count). The maximum absolute atomic E-state index is 10.5. The van der Waals surface area contributed by atoms with Crippen LogP contribution in [0, 0.1) is 5.92 Å². The fraction of sp³-hybridized carbons (Fsp3) is 0.526. The average molecular weight is 348 g/mol. The summed E-state index contributed by atoms with van der Waals surface area (Å²) in [5.74, 6) is 1.11. The summed E-state index contributed by atoms with van der Waals surface area (Å²) < 4.78 is 1.92. The lowest BCUT2D eigenvalue weighted by atomic mass is 9.90. The molecule has 2 heterocycles. The molecule has 0 saturated carbocycles. The van der Waals surface area contributed by atoms with Gasteiger partial charge in [-0.2, -0.15) is 0 Å². The van der Waals surface area contributed by atoms with Crippen molar-refractivity contribution in [3.05, 3.63) is 53.1 Å². The van der Waals surface area contributed by atoms with Gasteiger partial charge in [0.2, 0.25) is 0 Å². The molecule has 2 aromatic rings. The number of piperidine rings is 1. The van der Waals surface area contributed by atoms with Crippen molar-refractivity contribution >= 4 is 11.6 Å². The summed E-state index contributed by atoms with van der Waals surface area (Å²) in [5, 5.41) is 11.3. The quantitative estimate of drug-likeness (QED) is 0.870. The minimum absolute atomic E-state index is 0.318. The summed E-state index contributed by atoms with van der Waals surface area (Å²) in [6.45, 7) is 3.24. The molecule has 1 aromatic carbocycles. The van der Waals surface area contributed by atoms with Crippen LogP contribution < -0.4 is 0 Å². The Labute approximate surface area is 149 Å². The van der Waals surface area contributed by atoms with Gasteiger partial charge < -0.3 is 14.6 Å². The number of hydrogen-bond donors (Lipinski definition) is 1. The van der Waals surface area contributed by atoms with Crippen molar-refractivity contribution in [2.24, 2.45) is 13.0 Å². The second-order valence-corrected chi connectivity index (χ2v) is 7.19. The predicted molar refractivity (Wildman–Crippen MR) is 97.1 cm³/mol. The summed E-state index contributed by atoms with van der Waals surface area (Å²) in [7, 11) is 1.94. The lowest BCUT2D eigenvalue weighted by Crippen LogP contribution is -2.36.